The third-order valence-corrected chi connectivity index (χ3v) is 2.51. The van der Waals surface area contributed by atoms with Gasteiger partial charge in [0.1, 0.15) is 11.3 Å². The van der Waals surface area contributed by atoms with E-state index in [2.05, 4.69) is 17.0 Å². The Morgan fingerprint density at radius 1 is 1.39 bits per heavy atom. The van der Waals surface area contributed by atoms with Crippen molar-refractivity contribution >= 4 is 11.7 Å². The fourth-order valence-corrected chi connectivity index (χ4v) is 1.58. The Balaban J connectivity index is 0.00000232. The van der Waals surface area contributed by atoms with E-state index in [1.165, 1.54) is 4.68 Å². The summed E-state index contributed by atoms with van der Waals surface area (Å²) in [4.78, 5) is 0. The third kappa shape index (κ3) is 6.88. The molecular weight excluding hydrogens is 288 g/mol. The molecule has 0 fully saturated rings. The zero-order chi connectivity index (χ0) is 18.0. The van der Waals surface area contributed by atoms with Crippen LogP contribution >= 0.6 is 0 Å². The molecule has 0 saturated carbocycles. The Morgan fingerprint density at radius 2 is 2.00 bits per heavy atom. The molecule has 0 unspecified atom stereocenters. The van der Waals surface area contributed by atoms with Crippen molar-refractivity contribution in [3.05, 3.63) is 53.7 Å². The zero-order valence-corrected chi connectivity index (χ0v) is 14.6. The number of nitrogens with two attached hydrogens (primary N) is 1. The molecule has 0 spiro atoms. The van der Waals surface area contributed by atoms with Gasteiger partial charge < -0.3 is 11.1 Å². The molecule has 23 heavy (non-hydrogen) atoms. The molecule has 1 aromatic heterocycles. The number of allylic oxidation sites excluding steroid dienone is 4. The molecule has 1 rings (SSSR count). The van der Waals surface area contributed by atoms with Crippen LogP contribution in [0, 0.1) is 10.8 Å². The van der Waals surface area contributed by atoms with Gasteiger partial charge >= 0.3 is 0 Å². The number of anilines is 1. The Hall–Kier alpha value is -2.47. The first-order valence-electron chi connectivity index (χ1n) is 7.59. The maximum atomic E-state index is 7.88. The second-order valence-electron chi connectivity index (χ2n) is 4.89. The highest BCUT2D eigenvalue weighted by Gasteiger charge is 2.08. The highest BCUT2D eigenvalue weighted by Crippen LogP contribution is 2.08. The van der Waals surface area contributed by atoms with E-state index in [0.717, 1.165) is 11.3 Å². The summed E-state index contributed by atoms with van der Waals surface area (Å²) in [5.74, 6) is 0.599. The van der Waals surface area contributed by atoms with Crippen molar-refractivity contribution in [2.24, 2.45) is 5.73 Å². The first kappa shape index (κ1) is 20.5. The smallest absolute Gasteiger partial charge is 0.151 e. The molecule has 0 aliphatic heterocycles. The molecule has 1 atom stereocenters. The molecule has 0 radical (unpaired) electrons. The van der Waals surface area contributed by atoms with Gasteiger partial charge in [0.05, 0.1) is 6.04 Å². The molecule has 0 amide bonds. The summed E-state index contributed by atoms with van der Waals surface area (Å²) in [6, 6.07) is 2.76. The lowest BCUT2D eigenvalue weighted by molar-refractivity contribution is 0.764. The van der Waals surface area contributed by atoms with E-state index < -0.39 is 6.04 Å². The van der Waals surface area contributed by atoms with E-state index in [1.54, 1.807) is 25.1 Å². The van der Waals surface area contributed by atoms with Crippen molar-refractivity contribution in [1.82, 2.24) is 9.78 Å². The number of nitrogens with one attached hydrogen (secondary N) is 3. The quantitative estimate of drug-likeness (QED) is 0.381. The average molecular weight is 316 g/mol. The summed E-state index contributed by atoms with van der Waals surface area (Å²) in [5.41, 5.74) is 7.75. The second kappa shape index (κ2) is 10.3. The van der Waals surface area contributed by atoms with E-state index >= 15 is 0 Å². The molecule has 0 saturated heterocycles. The van der Waals surface area contributed by atoms with Crippen molar-refractivity contribution < 1.29 is 0 Å². The van der Waals surface area contributed by atoms with Crippen LogP contribution in [0.15, 0.2) is 48.2 Å². The Morgan fingerprint density at radius 3 is 2.48 bits per heavy atom. The second-order valence-corrected chi connectivity index (χ2v) is 4.89. The SMILES string of the molecule is C=C/C=C(\C=C(C)C)Nc1ccc(=N)n(C(=N)[C@@H](C)N)n1.CC. The fourth-order valence-electron chi connectivity index (χ4n) is 1.58. The largest absolute Gasteiger partial charge is 0.339 e. The van der Waals surface area contributed by atoms with E-state index in [-0.39, 0.29) is 11.3 Å². The van der Waals surface area contributed by atoms with Gasteiger partial charge in [-0.2, -0.15) is 4.68 Å². The summed E-state index contributed by atoms with van der Waals surface area (Å²) < 4.78 is 1.21. The summed E-state index contributed by atoms with van der Waals surface area (Å²) in [7, 11) is 0. The van der Waals surface area contributed by atoms with Gasteiger partial charge in [-0.1, -0.05) is 32.1 Å². The van der Waals surface area contributed by atoms with Crippen LogP contribution in [0.3, 0.4) is 0 Å². The first-order valence-corrected chi connectivity index (χ1v) is 7.59. The van der Waals surface area contributed by atoms with Crippen molar-refractivity contribution in [2.45, 2.75) is 40.7 Å². The lowest BCUT2D eigenvalue weighted by atomic mass is 10.2. The van der Waals surface area contributed by atoms with Crippen molar-refractivity contribution in [3.8, 4) is 0 Å². The fraction of sp³-hybridized carbons (Fsp3) is 0.353. The lowest BCUT2D eigenvalue weighted by Crippen LogP contribution is -2.39. The molecule has 0 aliphatic carbocycles. The van der Waals surface area contributed by atoms with Gasteiger partial charge in [-0.15, -0.1) is 5.10 Å². The molecule has 1 aromatic rings. The van der Waals surface area contributed by atoms with Crippen LogP contribution in [0.1, 0.15) is 34.6 Å². The van der Waals surface area contributed by atoms with Crippen molar-refractivity contribution in [1.29, 1.82) is 10.8 Å². The van der Waals surface area contributed by atoms with Gasteiger partial charge in [-0.3, -0.25) is 10.8 Å². The minimum absolute atomic E-state index is 0.0696. The van der Waals surface area contributed by atoms with Gasteiger partial charge in [-0.25, -0.2) is 0 Å². The number of hydrogen-bond acceptors (Lipinski definition) is 5. The summed E-state index contributed by atoms with van der Waals surface area (Å²) in [6.45, 7) is 13.3. The van der Waals surface area contributed by atoms with Crippen LogP contribution < -0.4 is 16.5 Å². The molecule has 0 bridgehead atoms. The summed E-state index contributed by atoms with van der Waals surface area (Å²) in [5, 5.41) is 23.1. The normalized spacial score (nSPS) is 11.7. The Labute approximate surface area is 138 Å². The number of nitrogens with zero attached hydrogens (tertiary/aromatic N) is 2. The predicted octanol–water partition coefficient (Wildman–Crippen LogP) is 3.01. The van der Waals surface area contributed by atoms with E-state index in [1.807, 2.05) is 39.8 Å². The molecule has 0 aliphatic rings. The van der Waals surface area contributed by atoms with Gasteiger partial charge in [0.15, 0.2) is 5.82 Å². The highest BCUT2D eigenvalue weighted by molar-refractivity contribution is 5.85. The maximum Gasteiger partial charge on any atom is 0.151 e. The molecule has 5 N–H and O–H groups in total. The number of aromatic nitrogens is 2. The van der Waals surface area contributed by atoms with Gasteiger partial charge in [0.2, 0.25) is 0 Å². The lowest BCUT2D eigenvalue weighted by Gasteiger charge is -2.13. The maximum absolute atomic E-state index is 7.88. The molecule has 126 valence electrons. The van der Waals surface area contributed by atoms with Gasteiger partial charge in [0, 0.05) is 5.70 Å². The van der Waals surface area contributed by atoms with E-state index in [9.17, 15) is 0 Å². The molecular formula is C17H28N6. The van der Waals surface area contributed by atoms with Crippen LogP contribution in [0.4, 0.5) is 5.82 Å². The Kier molecular flexibility index (Phi) is 9.18. The third-order valence-electron chi connectivity index (χ3n) is 2.51. The standard InChI is InChI=1S/C15H22N6.C2H6/c1-5-6-12(9-10(2)3)19-14-8-7-13(17)21(20-14)15(18)11(4)16;1-2/h5-9,11,17-18H,1,16H2,2-4H3,(H,19,20);1-2H3/b12-6+,17-13?,18-15?;/t11-;/m1./s1. The van der Waals surface area contributed by atoms with Crippen LogP contribution in [-0.4, -0.2) is 21.7 Å². The minimum atomic E-state index is -0.497. The summed E-state index contributed by atoms with van der Waals surface area (Å²) in [6.07, 6.45) is 5.46. The molecule has 1 heterocycles. The van der Waals surface area contributed by atoms with Gasteiger partial charge in [0.25, 0.3) is 0 Å². The highest BCUT2D eigenvalue weighted by atomic mass is 15.3. The zero-order valence-electron chi connectivity index (χ0n) is 14.6. The monoisotopic (exact) mass is 316 g/mol. The topological polar surface area (TPSA) is 104 Å². The minimum Gasteiger partial charge on any atom is -0.339 e. The average Bonchev–Trinajstić information content (AvgIpc) is 2.50. The van der Waals surface area contributed by atoms with Crippen LogP contribution in [0.2, 0.25) is 0 Å². The van der Waals surface area contributed by atoms with E-state index in [4.69, 9.17) is 16.6 Å². The molecule has 6 heteroatoms. The molecule has 0 aromatic carbocycles. The van der Waals surface area contributed by atoms with Crippen molar-refractivity contribution in [3.63, 3.8) is 0 Å². The summed E-state index contributed by atoms with van der Waals surface area (Å²) >= 11 is 0. The van der Waals surface area contributed by atoms with Crippen LogP contribution in [-0.2, 0) is 0 Å². The first-order chi connectivity index (χ1) is 10.8. The Bertz CT molecular complexity index is 645. The van der Waals surface area contributed by atoms with Gasteiger partial charge in [-0.05, 0) is 45.1 Å². The molecule has 6 nitrogen and oxygen atoms in total. The number of hydrogen-bond donors (Lipinski definition) is 4. The predicted molar refractivity (Wildman–Crippen MR) is 97.5 cm³/mol. The van der Waals surface area contributed by atoms with Crippen LogP contribution in [0.5, 0.6) is 0 Å². The number of rotatable bonds is 5. The van der Waals surface area contributed by atoms with Crippen molar-refractivity contribution in [2.75, 3.05) is 5.32 Å². The van der Waals surface area contributed by atoms with E-state index in [0.29, 0.717) is 5.82 Å². The van der Waals surface area contributed by atoms with Crippen LogP contribution in [0.25, 0.3) is 0 Å².